The smallest absolute Gasteiger partial charge is 0.0286 e. The number of hydrogen-bond acceptors (Lipinski definition) is 3. The molecule has 0 atom stereocenters. The van der Waals surface area contributed by atoms with Crippen molar-refractivity contribution in [2.24, 2.45) is 10.8 Å². The quantitative estimate of drug-likeness (QED) is 0.691. The molecule has 2 N–H and O–H groups in total. The topological polar surface area (TPSA) is 35.5 Å². The van der Waals surface area contributed by atoms with Gasteiger partial charge in [-0.05, 0) is 30.8 Å². The number of hydroxylamine groups is 2. The summed E-state index contributed by atoms with van der Waals surface area (Å²) in [4.78, 5) is 0. The predicted octanol–water partition coefficient (Wildman–Crippen LogP) is 3.00. The zero-order valence-electron chi connectivity index (χ0n) is 12.5. The third-order valence-electron chi connectivity index (χ3n) is 2.27. The average Bonchev–Trinajstić information content (AvgIpc) is 2.02. The standard InChI is InChI=1S/C11H26N2O.C2H6/c1-10(2,8-12-5)7-11(3,4)9-13(6)14;1-2/h12,14H,7-9H2,1-6H3;1-2H3. The maximum absolute atomic E-state index is 9.23. The van der Waals surface area contributed by atoms with E-state index in [1.54, 1.807) is 7.05 Å². The molecule has 0 rings (SSSR count). The molecular weight excluding hydrogens is 200 g/mol. The maximum atomic E-state index is 9.23. The first-order chi connectivity index (χ1) is 7.18. The van der Waals surface area contributed by atoms with Crippen molar-refractivity contribution in [3.05, 3.63) is 0 Å². The molecule has 0 bridgehead atoms. The molecule has 0 radical (unpaired) electrons. The number of hydrogen-bond donors (Lipinski definition) is 2. The van der Waals surface area contributed by atoms with Crippen LogP contribution >= 0.6 is 0 Å². The summed E-state index contributed by atoms with van der Waals surface area (Å²) in [5.41, 5.74) is 0.415. The van der Waals surface area contributed by atoms with E-state index in [0.29, 0.717) is 6.54 Å². The fourth-order valence-electron chi connectivity index (χ4n) is 2.51. The van der Waals surface area contributed by atoms with Crippen LogP contribution < -0.4 is 5.32 Å². The lowest BCUT2D eigenvalue weighted by Crippen LogP contribution is -2.37. The number of rotatable bonds is 6. The second-order valence-corrected chi connectivity index (χ2v) is 5.85. The van der Waals surface area contributed by atoms with Crippen LogP contribution in [0.4, 0.5) is 0 Å². The Morgan fingerprint density at radius 2 is 1.50 bits per heavy atom. The van der Waals surface area contributed by atoms with Gasteiger partial charge in [-0.25, -0.2) is 0 Å². The molecule has 0 fully saturated rings. The first kappa shape index (κ1) is 18.3. The van der Waals surface area contributed by atoms with Crippen molar-refractivity contribution in [3.8, 4) is 0 Å². The molecule has 0 aliphatic carbocycles. The molecule has 0 heterocycles. The summed E-state index contributed by atoms with van der Waals surface area (Å²) in [6.07, 6.45) is 1.09. The molecule has 0 spiro atoms. The van der Waals surface area contributed by atoms with Gasteiger partial charge >= 0.3 is 0 Å². The van der Waals surface area contributed by atoms with E-state index in [4.69, 9.17) is 0 Å². The Bertz CT molecular complexity index is 165. The van der Waals surface area contributed by atoms with E-state index in [0.717, 1.165) is 13.0 Å². The van der Waals surface area contributed by atoms with E-state index >= 15 is 0 Å². The summed E-state index contributed by atoms with van der Waals surface area (Å²) in [5, 5.41) is 13.7. The van der Waals surface area contributed by atoms with Crippen molar-refractivity contribution >= 4 is 0 Å². The minimum Gasteiger partial charge on any atom is -0.319 e. The highest BCUT2D eigenvalue weighted by Gasteiger charge is 2.29. The van der Waals surface area contributed by atoms with Gasteiger partial charge < -0.3 is 10.5 Å². The molecular formula is C13H32N2O. The molecule has 0 amide bonds. The minimum atomic E-state index is 0.143. The van der Waals surface area contributed by atoms with Crippen LogP contribution in [-0.2, 0) is 0 Å². The molecule has 0 saturated carbocycles. The Hall–Kier alpha value is -0.120. The minimum absolute atomic E-state index is 0.143. The third-order valence-corrected chi connectivity index (χ3v) is 2.27. The van der Waals surface area contributed by atoms with E-state index in [2.05, 4.69) is 33.0 Å². The summed E-state index contributed by atoms with van der Waals surface area (Å²) in [5.74, 6) is 0. The zero-order chi connectivity index (χ0) is 13.4. The van der Waals surface area contributed by atoms with Gasteiger partial charge in [0.05, 0.1) is 0 Å². The average molecular weight is 232 g/mol. The van der Waals surface area contributed by atoms with Gasteiger partial charge in [0.25, 0.3) is 0 Å². The molecule has 0 aliphatic rings. The van der Waals surface area contributed by atoms with Gasteiger partial charge in [0.15, 0.2) is 0 Å². The van der Waals surface area contributed by atoms with Gasteiger partial charge in [0.1, 0.15) is 0 Å². The van der Waals surface area contributed by atoms with Crippen molar-refractivity contribution in [2.75, 3.05) is 27.2 Å². The van der Waals surface area contributed by atoms with Gasteiger partial charge in [-0.3, -0.25) is 0 Å². The Morgan fingerprint density at radius 3 is 1.81 bits per heavy atom. The van der Waals surface area contributed by atoms with Crippen LogP contribution in [0.2, 0.25) is 0 Å². The molecule has 100 valence electrons. The van der Waals surface area contributed by atoms with E-state index < -0.39 is 0 Å². The van der Waals surface area contributed by atoms with Crippen LogP contribution in [0.5, 0.6) is 0 Å². The summed E-state index contributed by atoms with van der Waals surface area (Å²) in [6, 6.07) is 0. The van der Waals surface area contributed by atoms with Crippen molar-refractivity contribution < 1.29 is 5.21 Å². The molecule has 0 saturated heterocycles. The Kier molecular flexibility index (Phi) is 9.17. The first-order valence-electron chi connectivity index (χ1n) is 6.23. The SMILES string of the molecule is CC.CNCC(C)(C)CC(C)(C)CN(C)O. The fraction of sp³-hybridized carbons (Fsp3) is 1.00. The zero-order valence-corrected chi connectivity index (χ0v) is 12.5. The first-order valence-corrected chi connectivity index (χ1v) is 6.23. The van der Waals surface area contributed by atoms with Gasteiger partial charge in [0.2, 0.25) is 0 Å². The van der Waals surface area contributed by atoms with Gasteiger partial charge in [-0.15, -0.1) is 0 Å². The van der Waals surface area contributed by atoms with E-state index in [-0.39, 0.29) is 10.8 Å². The van der Waals surface area contributed by atoms with Crippen LogP contribution in [0.15, 0.2) is 0 Å². The molecule has 16 heavy (non-hydrogen) atoms. The monoisotopic (exact) mass is 232 g/mol. The van der Waals surface area contributed by atoms with Crippen LogP contribution in [0.1, 0.15) is 48.0 Å². The van der Waals surface area contributed by atoms with Crippen molar-refractivity contribution in [3.63, 3.8) is 0 Å². The Labute approximate surface area is 102 Å². The summed E-state index contributed by atoms with van der Waals surface area (Å²) < 4.78 is 0. The lowest BCUT2D eigenvalue weighted by atomic mass is 9.75. The summed E-state index contributed by atoms with van der Waals surface area (Å²) in [6.45, 7) is 14.6. The fourth-order valence-corrected chi connectivity index (χ4v) is 2.51. The Balaban J connectivity index is 0. The highest BCUT2D eigenvalue weighted by atomic mass is 16.5. The summed E-state index contributed by atoms with van der Waals surface area (Å²) >= 11 is 0. The van der Waals surface area contributed by atoms with E-state index in [9.17, 15) is 5.21 Å². The predicted molar refractivity (Wildman–Crippen MR) is 71.9 cm³/mol. The second-order valence-electron chi connectivity index (χ2n) is 5.85. The van der Waals surface area contributed by atoms with Gasteiger partial charge in [-0.2, -0.15) is 5.06 Å². The molecule has 3 heteroatoms. The van der Waals surface area contributed by atoms with Crippen molar-refractivity contribution in [2.45, 2.75) is 48.0 Å². The lowest BCUT2D eigenvalue weighted by Gasteiger charge is -2.36. The van der Waals surface area contributed by atoms with Crippen LogP contribution in [0.3, 0.4) is 0 Å². The Morgan fingerprint density at radius 1 is 1.06 bits per heavy atom. The molecule has 0 aromatic carbocycles. The van der Waals surface area contributed by atoms with E-state index in [1.165, 1.54) is 5.06 Å². The van der Waals surface area contributed by atoms with Crippen LogP contribution in [-0.4, -0.2) is 37.5 Å². The lowest BCUT2D eigenvalue weighted by molar-refractivity contribution is -0.0936. The molecule has 0 aromatic heterocycles. The molecule has 0 aliphatic heterocycles. The number of nitrogens with zero attached hydrogens (tertiary/aromatic N) is 1. The van der Waals surface area contributed by atoms with Gasteiger partial charge in [0, 0.05) is 13.6 Å². The second kappa shape index (κ2) is 8.04. The third kappa shape index (κ3) is 10.4. The molecule has 3 nitrogen and oxygen atoms in total. The molecule has 0 aromatic rings. The molecule has 0 unspecified atom stereocenters. The largest absolute Gasteiger partial charge is 0.319 e. The van der Waals surface area contributed by atoms with Crippen molar-refractivity contribution in [1.82, 2.24) is 10.4 Å². The van der Waals surface area contributed by atoms with Crippen LogP contribution in [0, 0.1) is 10.8 Å². The highest BCUT2D eigenvalue weighted by molar-refractivity contribution is 4.81. The number of nitrogens with one attached hydrogen (secondary N) is 1. The van der Waals surface area contributed by atoms with E-state index in [1.807, 2.05) is 20.9 Å². The normalized spacial score (nSPS) is 12.4. The van der Waals surface area contributed by atoms with Crippen LogP contribution in [0.25, 0.3) is 0 Å². The summed E-state index contributed by atoms with van der Waals surface area (Å²) in [7, 11) is 3.68. The maximum Gasteiger partial charge on any atom is 0.0286 e. The highest BCUT2D eigenvalue weighted by Crippen LogP contribution is 2.33. The van der Waals surface area contributed by atoms with Gasteiger partial charge in [-0.1, -0.05) is 41.5 Å². The van der Waals surface area contributed by atoms with Crippen molar-refractivity contribution in [1.29, 1.82) is 0 Å².